The van der Waals surface area contributed by atoms with Gasteiger partial charge in [-0.15, -0.1) is 5.11 Å². The molecule has 1 aliphatic rings. The number of hydrogen-bond donors (Lipinski definition) is 0. The summed E-state index contributed by atoms with van der Waals surface area (Å²) >= 11 is 0. The molecule has 1 aliphatic heterocycles. The quantitative estimate of drug-likeness (QED) is 0.601. The van der Waals surface area contributed by atoms with Gasteiger partial charge in [-0.3, -0.25) is 0 Å². The summed E-state index contributed by atoms with van der Waals surface area (Å²) in [6.07, 6.45) is 2.10. The van der Waals surface area contributed by atoms with Crippen LogP contribution in [0.4, 0.5) is 0 Å². The highest BCUT2D eigenvalue weighted by molar-refractivity contribution is 5.10. The van der Waals surface area contributed by atoms with Gasteiger partial charge in [0, 0.05) is 6.08 Å². The lowest BCUT2D eigenvalue weighted by Gasteiger charge is -2.07. The molecule has 0 radical (unpaired) electrons. The largest absolute Gasteiger partial charge is 0.474 e. The Balaban J connectivity index is 2.58. The van der Waals surface area contributed by atoms with Crippen LogP contribution in [-0.2, 0) is 4.74 Å². The van der Waals surface area contributed by atoms with Crippen molar-refractivity contribution >= 4 is 0 Å². The van der Waals surface area contributed by atoms with Crippen molar-refractivity contribution in [3.63, 3.8) is 0 Å². The van der Waals surface area contributed by atoms with E-state index in [4.69, 9.17) is 4.74 Å². The van der Waals surface area contributed by atoms with Gasteiger partial charge < -0.3 is 4.74 Å². The number of nitrogens with zero attached hydrogens (tertiary/aromatic N) is 2. The SMILES string of the molecule is CC(C)OC1=CC(C)(C)N=N1. The molecule has 62 valence electrons. The fourth-order valence-electron chi connectivity index (χ4n) is 0.837. The van der Waals surface area contributed by atoms with Crippen LogP contribution in [0.1, 0.15) is 27.7 Å². The highest BCUT2D eigenvalue weighted by Crippen LogP contribution is 2.23. The Morgan fingerprint density at radius 1 is 1.45 bits per heavy atom. The molecule has 3 nitrogen and oxygen atoms in total. The van der Waals surface area contributed by atoms with E-state index in [0.29, 0.717) is 5.88 Å². The molecule has 0 aliphatic carbocycles. The van der Waals surface area contributed by atoms with E-state index in [1.165, 1.54) is 0 Å². The van der Waals surface area contributed by atoms with Crippen molar-refractivity contribution in [2.24, 2.45) is 10.2 Å². The van der Waals surface area contributed by atoms with Crippen molar-refractivity contribution in [3.8, 4) is 0 Å². The van der Waals surface area contributed by atoms with Crippen molar-refractivity contribution in [1.82, 2.24) is 0 Å². The van der Waals surface area contributed by atoms with Crippen LogP contribution in [0.25, 0.3) is 0 Å². The minimum atomic E-state index is -0.176. The zero-order chi connectivity index (χ0) is 8.48. The van der Waals surface area contributed by atoms with Gasteiger partial charge >= 0.3 is 0 Å². The fraction of sp³-hybridized carbons (Fsp3) is 0.750. The molecule has 0 unspecified atom stereocenters. The number of azo groups is 1. The molecule has 0 N–H and O–H groups in total. The molecule has 0 amide bonds. The Morgan fingerprint density at radius 3 is 2.45 bits per heavy atom. The Morgan fingerprint density at radius 2 is 2.09 bits per heavy atom. The summed E-state index contributed by atoms with van der Waals surface area (Å²) in [5.74, 6) is 0.644. The number of hydrogen-bond acceptors (Lipinski definition) is 3. The lowest BCUT2D eigenvalue weighted by molar-refractivity contribution is 0.145. The van der Waals surface area contributed by atoms with Gasteiger partial charge in [-0.2, -0.15) is 5.11 Å². The maximum atomic E-state index is 5.35. The van der Waals surface area contributed by atoms with Gasteiger partial charge in [0.2, 0.25) is 5.88 Å². The second kappa shape index (κ2) is 2.64. The van der Waals surface area contributed by atoms with E-state index in [1.807, 2.05) is 33.8 Å². The highest BCUT2D eigenvalue weighted by atomic mass is 16.5. The van der Waals surface area contributed by atoms with Crippen LogP contribution in [0.2, 0.25) is 0 Å². The van der Waals surface area contributed by atoms with Crippen LogP contribution in [0.15, 0.2) is 22.2 Å². The van der Waals surface area contributed by atoms with Crippen molar-refractivity contribution in [2.75, 3.05) is 0 Å². The predicted molar refractivity (Wildman–Crippen MR) is 43.2 cm³/mol. The van der Waals surface area contributed by atoms with Gasteiger partial charge in [0.05, 0.1) is 11.6 Å². The minimum absolute atomic E-state index is 0.175. The smallest absolute Gasteiger partial charge is 0.231 e. The van der Waals surface area contributed by atoms with E-state index < -0.39 is 0 Å². The van der Waals surface area contributed by atoms with Gasteiger partial charge in [-0.1, -0.05) is 0 Å². The third-order valence-corrected chi connectivity index (χ3v) is 1.24. The second-order valence-electron chi connectivity index (χ2n) is 3.50. The molecule has 0 atom stereocenters. The summed E-state index contributed by atoms with van der Waals surface area (Å²) < 4.78 is 5.35. The first kappa shape index (κ1) is 8.24. The van der Waals surface area contributed by atoms with Gasteiger partial charge in [0.1, 0.15) is 0 Å². The first-order chi connectivity index (χ1) is 4.99. The molecular weight excluding hydrogens is 140 g/mol. The summed E-state index contributed by atoms with van der Waals surface area (Å²) in [6.45, 7) is 7.93. The lowest BCUT2D eigenvalue weighted by atomic mass is 10.1. The highest BCUT2D eigenvalue weighted by Gasteiger charge is 2.21. The summed E-state index contributed by atoms with van der Waals surface area (Å²) in [4.78, 5) is 0. The molecule has 0 fully saturated rings. The molecule has 0 bridgehead atoms. The third-order valence-electron chi connectivity index (χ3n) is 1.24. The first-order valence-electron chi connectivity index (χ1n) is 3.82. The van der Waals surface area contributed by atoms with E-state index in [-0.39, 0.29) is 11.6 Å². The van der Waals surface area contributed by atoms with Crippen LogP contribution in [-0.4, -0.2) is 11.6 Å². The fourth-order valence-corrected chi connectivity index (χ4v) is 0.837. The maximum absolute atomic E-state index is 5.35. The van der Waals surface area contributed by atoms with Crippen LogP contribution in [0.5, 0.6) is 0 Å². The molecule has 1 heterocycles. The molecule has 0 spiro atoms. The summed E-state index contributed by atoms with van der Waals surface area (Å²) in [5, 5.41) is 7.90. The number of rotatable bonds is 2. The van der Waals surface area contributed by atoms with Crippen LogP contribution >= 0.6 is 0 Å². The zero-order valence-corrected chi connectivity index (χ0v) is 7.46. The van der Waals surface area contributed by atoms with E-state index in [0.717, 1.165) is 0 Å². The molecule has 0 aromatic rings. The lowest BCUT2D eigenvalue weighted by Crippen LogP contribution is -2.08. The van der Waals surface area contributed by atoms with Crippen LogP contribution < -0.4 is 0 Å². The standard InChI is InChI=1S/C8H14N2O/c1-6(2)11-7-5-8(3,4)10-9-7/h5-6H,1-4H3. The second-order valence-corrected chi connectivity index (χ2v) is 3.50. The third kappa shape index (κ3) is 2.33. The van der Waals surface area contributed by atoms with Gasteiger partial charge in [-0.25, -0.2) is 0 Å². The van der Waals surface area contributed by atoms with Gasteiger partial charge in [0.25, 0.3) is 0 Å². The molecule has 1 rings (SSSR count). The van der Waals surface area contributed by atoms with E-state index in [1.54, 1.807) is 0 Å². The molecule has 0 aromatic carbocycles. The zero-order valence-electron chi connectivity index (χ0n) is 7.46. The molecule has 11 heavy (non-hydrogen) atoms. The molecule has 0 saturated carbocycles. The Bertz CT molecular complexity index is 204. The van der Waals surface area contributed by atoms with Crippen LogP contribution in [0.3, 0.4) is 0 Å². The summed E-state index contributed by atoms with van der Waals surface area (Å²) in [7, 11) is 0. The average molecular weight is 154 g/mol. The molecule has 3 heteroatoms. The first-order valence-corrected chi connectivity index (χ1v) is 3.82. The van der Waals surface area contributed by atoms with E-state index in [9.17, 15) is 0 Å². The van der Waals surface area contributed by atoms with Crippen molar-refractivity contribution < 1.29 is 4.74 Å². The molecule has 0 aromatic heterocycles. The Hall–Kier alpha value is -0.860. The van der Waals surface area contributed by atoms with Crippen molar-refractivity contribution in [2.45, 2.75) is 39.3 Å². The van der Waals surface area contributed by atoms with Gasteiger partial charge in [0.15, 0.2) is 0 Å². The van der Waals surface area contributed by atoms with E-state index in [2.05, 4.69) is 10.2 Å². The maximum Gasteiger partial charge on any atom is 0.231 e. The van der Waals surface area contributed by atoms with E-state index >= 15 is 0 Å². The van der Waals surface area contributed by atoms with Crippen LogP contribution in [0, 0.1) is 0 Å². The summed E-state index contributed by atoms with van der Waals surface area (Å²) in [5.41, 5.74) is -0.176. The molecule has 0 saturated heterocycles. The Kier molecular flexibility index (Phi) is 1.98. The minimum Gasteiger partial charge on any atom is -0.474 e. The average Bonchev–Trinajstić information content (AvgIpc) is 2.08. The van der Waals surface area contributed by atoms with Crippen molar-refractivity contribution in [1.29, 1.82) is 0 Å². The Labute approximate surface area is 67.2 Å². The molecular formula is C8H14N2O. The van der Waals surface area contributed by atoms with Crippen molar-refractivity contribution in [3.05, 3.63) is 12.0 Å². The normalized spacial score (nSPS) is 20.6. The number of ether oxygens (including phenoxy) is 1. The summed E-state index contributed by atoms with van der Waals surface area (Å²) in [6, 6.07) is 0. The topological polar surface area (TPSA) is 34.0 Å². The monoisotopic (exact) mass is 154 g/mol. The predicted octanol–water partition coefficient (Wildman–Crippen LogP) is 2.50. The van der Waals surface area contributed by atoms with Gasteiger partial charge in [-0.05, 0) is 27.7 Å².